The zero-order valence-electron chi connectivity index (χ0n) is 14.2. The molecule has 0 spiro atoms. The molecule has 4 nitrogen and oxygen atoms in total. The maximum atomic E-state index is 13.3. The lowest BCUT2D eigenvalue weighted by molar-refractivity contribution is -0.112. The van der Waals surface area contributed by atoms with Gasteiger partial charge in [0, 0.05) is 6.20 Å². The number of anilines is 1. The Morgan fingerprint density at radius 1 is 0.852 bits per heavy atom. The lowest BCUT2D eigenvalue weighted by atomic mass is 9.98. The van der Waals surface area contributed by atoms with Crippen LogP contribution in [0.5, 0.6) is 0 Å². The van der Waals surface area contributed by atoms with Gasteiger partial charge in [0.05, 0.1) is 16.8 Å². The number of hydrogen-bond acceptors (Lipinski definition) is 4. The maximum absolute atomic E-state index is 13.3. The van der Waals surface area contributed by atoms with Gasteiger partial charge in [-0.05, 0) is 29.8 Å². The summed E-state index contributed by atoms with van der Waals surface area (Å²) >= 11 is 5.57. The first kappa shape index (κ1) is 17.0. The summed E-state index contributed by atoms with van der Waals surface area (Å²) in [6, 6.07) is 23.3. The van der Waals surface area contributed by atoms with Crippen LogP contribution in [0.4, 0.5) is 5.69 Å². The van der Waals surface area contributed by atoms with Crippen LogP contribution in [0.2, 0.25) is 0 Å². The Labute approximate surface area is 161 Å². The van der Waals surface area contributed by atoms with Crippen LogP contribution in [0.15, 0.2) is 90.6 Å². The first-order valence-corrected chi connectivity index (χ1v) is 8.78. The number of carbonyl (C=O) groups excluding carboxylic acids is 2. The van der Waals surface area contributed by atoms with Gasteiger partial charge in [0.2, 0.25) is 5.78 Å². The van der Waals surface area contributed by atoms with Crippen LogP contribution in [-0.4, -0.2) is 21.7 Å². The van der Waals surface area contributed by atoms with Crippen LogP contribution in [-0.2, 0) is 4.79 Å². The fourth-order valence-electron chi connectivity index (χ4n) is 3.05. The number of rotatable bonds is 4. The molecule has 1 amide bonds. The molecule has 4 rings (SSSR count). The molecule has 27 heavy (non-hydrogen) atoms. The zero-order chi connectivity index (χ0) is 18.8. The molecule has 0 radical (unpaired) electrons. The summed E-state index contributed by atoms with van der Waals surface area (Å²) in [5.74, 6) is -0.664. The second kappa shape index (κ2) is 7.05. The Morgan fingerprint density at radius 3 is 2.11 bits per heavy atom. The van der Waals surface area contributed by atoms with Gasteiger partial charge in [-0.3, -0.25) is 19.5 Å². The fraction of sp³-hybridized carbons (Fsp3) is 0. The van der Waals surface area contributed by atoms with Crippen molar-refractivity contribution < 1.29 is 9.59 Å². The molecule has 2 heterocycles. The van der Waals surface area contributed by atoms with Crippen molar-refractivity contribution in [2.75, 3.05) is 4.90 Å². The van der Waals surface area contributed by atoms with Crippen molar-refractivity contribution in [2.45, 2.75) is 0 Å². The second-order valence-electron chi connectivity index (χ2n) is 5.94. The lowest BCUT2D eigenvalue weighted by Gasteiger charge is -2.17. The van der Waals surface area contributed by atoms with Crippen molar-refractivity contribution >= 4 is 40.2 Å². The fourth-order valence-corrected chi connectivity index (χ4v) is 3.43. The highest BCUT2D eigenvalue weighted by molar-refractivity contribution is 7.81. The van der Waals surface area contributed by atoms with Gasteiger partial charge in [-0.25, -0.2) is 0 Å². The monoisotopic (exact) mass is 370 g/mol. The minimum Gasteiger partial charge on any atom is -0.287 e. The normalized spacial score (nSPS) is 14.0. The van der Waals surface area contributed by atoms with E-state index in [-0.39, 0.29) is 27.9 Å². The molecule has 0 atom stereocenters. The summed E-state index contributed by atoms with van der Waals surface area (Å²) in [4.78, 5) is 32.2. The number of pyridine rings is 1. The summed E-state index contributed by atoms with van der Waals surface area (Å²) < 4.78 is 0. The number of amides is 1. The number of hydrogen-bond donors (Lipinski definition) is 0. The van der Waals surface area contributed by atoms with Crippen molar-refractivity contribution in [3.8, 4) is 0 Å². The molecule has 0 saturated carbocycles. The van der Waals surface area contributed by atoms with E-state index in [4.69, 9.17) is 12.2 Å². The summed E-state index contributed by atoms with van der Waals surface area (Å²) in [7, 11) is 0. The Kier molecular flexibility index (Phi) is 4.44. The maximum Gasteiger partial charge on any atom is 0.264 e. The van der Waals surface area contributed by atoms with Gasteiger partial charge in [0.1, 0.15) is 10.7 Å². The molecule has 5 heteroatoms. The van der Waals surface area contributed by atoms with Crippen LogP contribution >= 0.6 is 12.2 Å². The molecular weight excluding hydrogens is 356 g/mol. The van der Waals surface area contributed by atoms with Crippen molar-refractivity contribution in [3.63, 3.8) is 0 Å². The van der Waals surface area contributed by atoms with Crippen molar-refractivity contribution in [1.82, 2.24) is 4.98 Å². The molecule has 1 aromatic heterocycles. The van der Waals surface area contributed by atoms with Gasteiger partial charge in [-0.1, -0.05) is 66.8 Å². The molecule has 3 aromatic rings. The highest BCUT2D eigenvalue weighted by Gasteiger charge is 2.40. The van der Waals surface area contributed by atoms with E-state index in [1.807, 2.05) is 36.4 Å². The number of nitrogens with zero attached hydrogens (tertiary/aromatic N) is 2. The third-order valence-corrected chi connectivity index (χ3v) is 4.67. The number of carbonyl (C=O) groups is 2. The molecule has 0 aliphatic carbocycles. The number of aromatic nitrogens is 1. The molecule has 1 aliphatic heterocycles. The standard InChI is InChI=1S/C22H14N2O2S/c25-20(17-13-7-8-14-23-17)19-18(15-9-3-1-4-10-15)21(26)24(22(19)27)16-11-5-2-6-12-16/h1-14H. The second-order valence-corrected chi connectivity index (χ2v) is 6.33. The Hall–Kier alpha value is -3.44. The van der Waals surface area contributed by atoms with E-state index in [0.29, 0.717) is 16.8 Å². The van der Waals surface area contributed by atoms with Gasteiger partial charge >= 0.3 is 0 Å². The van der Waals surface area contributed by atoms with Crippen molar-refractivity contribution in [3.05, 3.63) is 102 Å². The average molecular weight is 370 g/mol. The van der Waals surface area contributed by atoms with Crippen LogP contribution < -0.4 is 4.90 Å². The lowest BCUT2D eigenvalue weighted by Crippen LogP contribution is -2.31. The minimum atomic E-state index is -0.355. The molecular formula is C22H14N2O2S. The van der Waals surface area contributed by atoms with Gasteiger partial charge in [0.25, 0.3) is 5.91 Å². The van der Waals surface area contributed by atoms with Gasteiger partial charge in [0.15, 0.2) is 0 Å². The number of para-hydroxylation sites is 1. The van der Waals surface area contributed by atoms with Crippen LogP contribution in [0.1, 0.15) is 16.1 Å². The van der Waals surface area contributed by atoms with Crippen LogP contribution in [0, 0.1) is 0 Å². The summed E-state index contributed by atoms with van der Waals surface area (Å²) in [6.07, 6.45) is 1.55. The average Bonchev–Trinajstić information content (AvgIpc) is 2.99. The van der Waals surface area contributed by atoms with E-state index in [0.717, 1.165) is 0 Å². The molecule has 2 aromatic carbocycles. The third kappa shape index (κ3) is 2.98. The Morgan fingerprint density at radius 2 is 1.48 bits per heavy atom. The SMILES string of the molecule is O=C(C1=C(c2ccccc2)C(=O)N(c2ccccc2)C1=S)c1ccccn1. The van der Waals surface area contributed by atoms with Crippen LogP contribution in [0.3, 0.4) is 0 Å². The highest BCUT2D eigenvalue weighted by Crippen LogP contribution is 2.35. The summed E-state index contributed by atoms with van der Waals surface area (Å²) in [5, 5.41) is 0. The van der Waals surface area contributed by atoms with Gasteiger partial charge in [-0.15, -0.1) is 0 Å². The molecule has 0 fully saturated rings. The quantitative estimate of drug-likeness (QED) is 0.513. The summed E-state index contributed by atoms with van der Waals surface area (Å²) in [5.41, 5.74) is 2.06. The smallest absolute Gasteiger partial charge is 0.264 e. The number of benzene rings is 2. The minimum absolute atomic E-state index is 0.195. The van der Waals surface area contributed by atoms with Crippen molar-refractivity contribution in [2.24, 2.45) is 0 Å². The predicted octanol–water partition coefficient (Wildman–Crippen LogP) is 4.09. The molecule has 130 valence electrons. The molecule has 1 aliphatic rings. The molecule has 0 unspecified atom stereocenters. The first-order valence-electron chi connectivity index (χ1n) is 8.38. The van der Waals surface area contributed by atoms with Crippen LogP contribution in [0.25, 0.3) is 5.57 Å². The van der Waals surface area contributed by atoms with Gasteiger partial charge < -0.3 is 0 Å². The largest absolute Gasteiger partial charge is 0.287 e. The number of Topliss-reactive ketones (excluding diaryl/α,β-unsaturated/α-hetero) is 1. The Balaban J connectivity index is 1.89. The predicted molar refractivity (Wildman–Crippen MR) is 108 cm³/mol. The molecule has 0 N–H and O–H groups in total. The van der Waals surface area contributed by atoms with E-state index in [9.17, 15) is 9.59 Å². The molecule has 0 bridgehead atoms. The zero-order valence-corrected chi connectivity index (χ0v) is 15.0. The first-order chi connectivity index (χ1) is 13.2. The van der Waals surface area contributed by atoms with E-state index in [2.05, 4.69) is 4.98 Å². The molecule has 0 saturated heterocycles. The van der Waals surface area contributed by atoms with E-state index >= 15 is 0 Å². The third-order valence-electron chi connectivity index (χ3n) is 4.29. The van der Waals surface area contributed by atoms with E-state index in [1.54, 1.807) is 48.7 Å². The number of thiocarbonyl (C=S) groups is 1. The summed E-state index contributed by atoms with van der Waals surface area (Å²) in [6.45, 7) is 0. The highest BCUT2D eigenvalue weighted by atomic mass is 32.1. The van der Waals surface area contributed by atoms with Crippen molar-refractivity contribution in [1.29, 1.82) is 0 Å². The van der Waals surface area contributed by atoms with E-state index < -0.39 is 0 Å². The topological polar surface area (TPSA) is 50.3 Å². The Bertz CT molecular complexity index is 1060. The van der Waals surface area contributed by atoms with E-state index in [1.165, 1.54) is 4.90 Å². The number of ketones is 1. The van der Waals surface area contributed by atoms with Gasteiger partial charge in [-0.2, -0.15) is 0 Å².